The number of benzene rings is 1. The minimum absolute atomic E-state index is 0.0330. The monoisotopic (exact) mass is 413 g/mol. The summed E-state index contributed by atoms with van der Waals surface area (Å²) in [6.07, 6.45) is 3.59. The van der Waals surface area contributed by atoms with Gasteiger partial charge < -0.3 is 20.1 Å². The Hall–Kier alpha value is -3.26. The fraction of sp³-hybridized carbons (Fsp3) is 0.318. The molecule has 30 heavy (non-hydrogen) atoms. The predicted molar refractivity (Wildman–Crippen MR) is 111 cm³/mol. The first-order valence-corrected chi connectivity index (χ1v) is 9.84. The van der Waals surface area contributed by atoms with Gasteiger partial charge in [-0.15, -0.1) is 0 Å². The number of hydrogen-bond acceptors (Lipinski definition) is 5. The second-order valence-electron chi connectivity index (χ2n) is 7.03. The van der Waals surface area contributed by atoms with Crippen molar-refractivity contribution in [3.63, 3.8) is 0 Å². The standard InChI is InChI=1S/C22H24FN3O4/c1-2-3-9-26-17-12-15(11-14-4-6-16(23)7-5-14)13-25-19(17)20(28)18(22(26)30)21(29)24-8-10-27/h4-7,12-13,27-28H,2-3,8-11H2,1H3,(H,24,29). The zero-order valence-electron chi connectivity index (χ0n) is 16.7. The molecule has 2 aromatic heterocycles. The van der Waals surface area contributed by atoms with Crippen molar-refractivity contribution in [1.29, 1.82) is 0 Å². The molecule has 158 valence electrons. The number of unbranched alkanes of at least 4 members (excludes halogenated alkanes) is 1. The number of aliphatic hydroxyl groups excluding tert-OH is 1. The van der Waals surface area contributed by atoms with E-state index in [4.69, 9.17) is 5.11 Å². The molecule has 3 aromatic rings. The van der Waals surface area contributed by atoms with E-state index in [9.17, 15) is 19.1 Å². The van der Waals surface area contributed by atoms with Gasteiger partial charge in [-0.05, 0) is 42.2 Å². The van der Waals surface area contributed by atoms with Crippen LogP contribution in [0.2, 0.25) is 0 Å². The van der Waals surface area contributed by atoms with Gasteiger partial charge in [-0.2, -0.15) is 0 Å². The molecule has 0 unspecified atom stereocenters. The van der Waals surface area contributed by atoms with Gasteiger partial charge in [0.15, 0.2) is 5.75 Å². The third kappa shape index (κ3) is 4.49. The van der Waals surface area contributed by atoms with Crippen molar-refractivity contribution in [2.24, 2.45) is 0 Å². The summed E-state index contributed by atoms with van der Waals surface area (Å²) in [5.41, 5.74) is 1.27. The second-order valence-corrected chi connectivity index (χ2v) is 7.03. The van der Waals surface area contributed by atoms with Gasteiger partial charge in [-0.25, -0.2) is 4.39 Å². The van der Waals surface area contributed by atoms with Gasteiger partial charge in [0.05, 0.1) is 12.1 Å². The molecule has 3 N–H and O–H groups in total. The van der Waals surface area contributed by atoms with Gasteiger partial charge in [0.2, 0.25) is 0 Å². The fourth-order valence-electron chi connectivity index (χ4n) is 3.28. The number of nitrogens with one attached hydrogen (secondary N) is 1. The minimum Gasteiger partial charge on any atom is -0.505 e. The number of aliphatic hydroxyl groups is 1. The smallest absolute Gasteiger partial charge is 0.267 e. The molecular formula is C22H24FN3O4. The van der Waals surface area contributed by atoms with Crippen LogP contribution in [0.4, 0.5) is 4.39 Å². The molecule has 0 aliphatic carbocycles. The number of amides is 1. The first-order valence-electron chi connectivity index (χ1n) is 9.84. The van der Waals surface area contributed by atoms with E-state index in [2.05, 4.69) is 10.3 Å². The number of carbonyl (C=O) groups excluding carboxylic acids is 1. The Morgan fingerprint density at radius 2 is 1.97 bits per heavy atom. The van der Waals surface area contributed by atoms with Crippen LogP contribution in [0.15, 0.2) is 41.3 Å². The fourth-order valence-corrected chi connectivity index (χ4v) is 3.28. The summed E-state index contributed by atoms with van der Waals surface area (Å²) in [6.45, 7) is 2.04. The molecule has 0 saturated carbocycles. The Kier molecular flexibility index (Phi) is 6.79. The van der Waals surface area contributed by atoms with E-state index < -0.39 is 17.2 Å². The quantitative estimate of drug-likeness (QED) is 0.526. The zero-order chi connectivity index (χ0) is 21.7. The van der Waals surface area contributed by atoms with Crippen molar-refractivity contribution in [3.05, 3.63) is 69.4 Å². The molecule has 0 atom stereocenters. The molecule has 0 bridgehead atoms. The Morgan fingerprint density at radius 1 is 1.23 bits per heavy atom. The van der Waals surface area contributed by atoms with Gasteiger partial charge in [0, 0.05) is 19.3 Å². The van der Waals surface area contributed by atoms with Crippen molar-refractivity contribution in [3.8, 4) is 5.75 Å². The molecule has 3 rings (SSSR count). The molecule has 0 radical (unpaired) electrons. The number of nitrogens with zero attached hydrogens (tertiary/aromatic N) is 2. The van der Waals surface area contributed by atoms with E-state index in [1.54, 1.807) is 24.4 Å². The molecule has 2 heterocycles. The SMILES string of the molecule is CCCCn1c(=O)c(C(=O)NCCO)c(O)c2ncc(Cc3ccc(F)cc3)cc21. The van der Waals surface area contributed by atoms with E-state index in [0.29, 0.717) is 24.9 Å². The Balaban J connectivity index is 2.11. The average molecular weight is 413 g/mol. The Labute approximate surface area is 172 Å². The minimum atomic E-state index is -0.754. The van der Waals surface area contributed by atoms with Gasteiger partial charge in [-0.1, -0.05) is 25.5 Å². The topological polar surface area (TPSA) is 104 Å². The molecule has 8 heteroatoms. The summed E-state index contributed by atoms with van der Waals surface area (Å²) in [4.78, 5) is 29.7. The first kappa shape index (κ1) is 21.4. The van der Waals surface area contributed by atoms with Crippen LogP contribution in [0.5, 0.6) is 5.75 Å². The number of fused-ring (bicyclic) bond motifs is 1. The van der Waals surface area contributed by atoms with E-state index >= 15 is 0 Å². The Bertz CT molecular complexity index is 1110. The van der Waals surface area contributed by atoms with Gasteiger partial charge in [0.1, 0.15) is 16.9 Å². The summed E-state index contributed by atoms with van der Waals surface area (Å²) in [7, 11) is 0. The van der Waals surface area contributed by atoms with Crippen molar-refractivity contribution in [2.45, 2.75) is 32.7 Å². The van der Waals surface area contributed by atoms with Gasteiger partial charge >= 0.3 is 0 Å². The highest BCUT2D eigenvalue weighted by Gasteiger charge is 2.23. The normalized spacial score (nSPS) is 11.0. The maximum atomic E-state index is 13.1. The summed E-state index contributed by atoms with van der Waals surface area (Å²) >= 11 is 0. The summed E-state index contributed by atoms with van der Waals surface area (Å²) < 4.78 is 14.6. The van der Waals surface area contributed by atoms with Crippen LogP contribution >= 0.6 is 0 Å². The van der Waals surface area contributed by atoms with Crippen molar-refractivity contribution < 1.29 is 19.4 Å². The third-order valence-electron chi connectivity index (χ3n) is 4.82. The van der Waals surface area contributed by atoms with E-state index in [1.165, 1.54) is 16.7 Å². The molecule has 7 nitrogen and oxygen atoms in total. The predicted octanol–water partition coefficient (Wildman–Crippen LogP) is 2.35. The number of halogens is 1. The van der Waals surface area contributed by atoms with Crippen LogP contribution < -0.4 is 10.9 Å². The van der Waals surface area contributed by atoms with Crippen LogP contribution in [-0.2, 0) is 13.0 Å². The largest absolute Gasteiger partial charge is 0.505 e. The maximum absolute atomic E-state index is 13.1. The molecular weight excluding hydrogens is 389 g/mol. The first-order chi connectivity index (χ1) is 14.5. The Morgan fingerprint density at radius 3 is 2.63 bits per heavy atom. The van der Waals surface area contributed by atoms with Crippen LogP contribution in [0, 0.1) is 5.82 Å². The van der Waals surface area contributed by atoms with Crippen molar-refractivity contribution in [1.82, 2.24) is 14.9 Å². The number of carbonyl (C=O) groups is 1. The molecule has 1 amide bonds. The summed E-state index contributed by atoms with van der Waals surface area (Å²) in [5.74, 6) is -1.55. The molecule has 0 fully saturated rings. The van der Waals surface area contributed by atoms with Gasteiger partial charge in [0.25, 0.3) is 11.5 Å². The number of rotatable bonds is 8. The number of aromatic nitrogens is 2. The molecule has 1 aromatic carbocycles. The lowest BCUT2D eigenvalue weighted by molar-refractivity contribution is 0.0940. The number of aryl methyl sites for hydroxylation is 1. The number of pyridine rings is 2. The van der Waals surface area contributed by atoms with Crippen molar-refractivity contribution in [2.75, 3.05) is 13.2 Å². The highest BCUT2D eigenvalue weighted by Crippen LogP contribution is 2.26. The van der Waals surface area contributed by atoms with Crippen molar-refractivity contribution >= 4 is 16.9 Å². The third-order valence-corrected chi connectivity index (χ3v) is 4.82. The average Bonchev–Trinajstić information content (AvgIpc) is 2.74. The lowest BCUT2D eigenvalue weighted by atomic mass is 10.1. The highest BCUT2D eigenvalue weighted by molar-refractivity contribution is 6.01. The molecule has 0 spiro atoms. The molecule has 0 saturated heterocycles. The summed E-state index contributed by atoms with van der Waals surface area (Å²) in [5, 5.41) is 21.9. The highest BCUT2D eigenvalue weighted by atomic mass is 19.1. The lowest BCUT2D eigenvalue weighted by Crippen LogP contribution is -2.35. The van der Waals surface area contributed by atoms with Crippen LogP contribution in [0.3, 0.4) is 0 Å². The number of aromatic hydroxyl groups is 1. The summed E-state index contributed by atoms with van der Waals surface area (Å²) in [6, 6.07) is 7.87. The van der Waals surface area contributed by atoms with Crippen LogP contribution in [-0.4, -0.2) is 38.8 Å². The van der Waals surface area contributed by atoms with E-state index in [-0.39, 0.29) is 30.0 Å². The zero-order valence-corrected chi connectivity index (χ0v) is 16.7. The van der Waals surface area contributed by atoms with E-state index in [1.807, 2.05) is 6.92 Å². The van der Waals surface area contributed by atoms with Crippen LogP contribution in [0.1, 0.15) is 41.3 Å². The second kappa shape index (κ2) is 9.49. The number of hydrogen-bond donors (Lipinski definition) is 3. The molecule has 0 aliphatic rings. The lowest BCUT2D eigenvalue weighted by Gasteiger charge is -2.15. The molecule has 0 aliphatic heterocycles. The van der Waals surface area contributed by atoms with E-state index in [0.717, 1.165) is 17.5 Å². The maximum Gasteiger partial charge on any atom is 0.267 e. The van der Waals surface area contributed by atoms with Crippen LogP contribution in [0.25, 0.3) is 11.0 Å². The van der Waals surface area contributed by atoms with Gasteiger partial charge in [-0.3, -0.25) is 14.6 Å².